The first-order valence-corrected chi connectivity index (χ1v) is 6.73. The van der Waals surface area contributed by atoms with E-state index >= 15 is 0 Å². The molecule has 0 aliphatic carbocycles. The second-order valence-corrected chi connectivity index (χ2v) is 5.16. The van der Waals surface area contributed by atoms with Crippen LogP contribution in [0.15, 0.2) is 17.7 Å². The van der Waals surface area contributed by atoms with Crippen molar-refractivity contribution in [2.45, 2.75) is 40.3 Å². The molecular weight excluding hydrogens is 290 g/mol. The van der Waals surface area contributed by atoms with Crippen molar-refractivity contribution in [2.75, 3.05) is 0 Å². The van der Waals surface area contributed by atoms with E-state index in [1.165, 1.54) is 6.08 Å². The van der Waals surface area contributed by atoms with Crippen molar-refractivity contribution < 1.29 is 18.3 Å². The number of nitriles is 1. The average Bonchev–Trinajstić information content (AvgIpc) is 2.39. The molecule has 0 saturated carbocycles. The number of benzene rings is 1. The summed E-state index contributed by atoms with van der Waals surface area (Å²) in [6, 6.07) is 4.93. The highest BCUT2D eigenvalue weighted by atomic mass is 19.3. The van der Waals surface area contributed by atoms with E-state index in [4.69, 9.17) is 5.26 Å². The molecule has 0 bridgehead atoms. The maximum absolute atomic E-state index is 12.3. The summed E-state index contributed by atoms with van der Waals surface area (Å²) in [5, 5.41) is 11.7. The molecule has 1 N–H and O–H groups in total. The molecule has 22 heavy (non-hydrogen) atoms. The van der Waals surface area contributed by atoms with Crippen LogP contribution in [0, 0.1) is 25.2 Å². The molecule has 0 spiro atoms. The van der Waals surface area contributed by atoms with Gasteiger partial charge in [0.15, 0.2) is 0 Å². The summed E-state index contributed by atoms with van der Waals surface area (Å²) in [5.41, 5.74) is 1.54. The molecule has 1 aromatic carbocycles. The molecule has 6 heteroatoms. The number of ether oxygens (including phenoxy) is 1. The summed E-state index contributed by atoms with van der Waals surface area (Å²) in [6.45, 7) is 3.94. The molecular formula is C16H18F2N2O2. The Hall–Kier alpha value is -2.42. The first kappa shape index (κ1) is 17.6. The molecule has 0 aliphatic heterocycles. The Morgan fingerprint density at radius 1 is 1.32 bits per heavy atom. The maximum Gasteiger partial charge on any atom is 0.387 e. The van der Waals surface area contributed by atoms with Crippen molar-refractivity contribution in [1.82, 2.24) is 5.32 Å². The predicted molar refractivity (Wildman–Crippen MR) is 79.4 cm³/mol. The van der Waals surface area contributed by atoms with E-state index in [0.29, 0.717) is 16.7 Å². The minimum atomic E-state index is -2.90. The lowest BCUT2D eigenvalue weighted by Crippen LogP contribution is -2.30. The fourth-order valence-corrected chi connectivity index (χ4v) is 2.00. The van der Waals surface area contributed by atoms with Gasteiger partial charge in [-0.1, -0.05) is 0 Å². The summed E-state index contributed by atoms with van der Waals surface area (Å²) >= 11 is 0. The monoisotopic (exact) mass is 308 g/mol. The van der Waals surface area contributed by atoms with Gasteiger partial charge in [-0.25, -0.2) is 0 Å². The Morgan fingerprint density at radius 3 is 2.27 bits per heavy atom. The molecule has 1 rings (SSSR count). The Kier molecular flexibility index (Phi) is 6.05. The lowest BCUT2D eigenvalue weighted by Gasteiger charge is -2.12. The lowest BCUT2D eigenvalue weighted by molar-refractivity contribution is -0.117. The Bertz CT molecular complexity index is 609. The number of rotatable bonds is 5. The van der Waals surface area contributed by atoms with Gasteiger partial charge in [-0.2, -0.15) is 14.0 Å². The van der Waals surface area contributed by atoms with E-state index < -0.39 is 12.5 Å². The molecule has 0 atom stereocenters. The average molecular weight is 308 g/mol. The molecule has 0 aromatic heterocycles. The summed E-state index contributed by atoms with van der Waals surface area (Å²) in [4.78, 5) is 11.8. The van der Waals surface area contributed by atoms with Crippen molar-refractivity contribution in [3.05, 3.63) is 34.4 Å². The van der Waals surface area contributed by atoms with Gasteiger partial charge in [-0.15, -0.1) is 0 Å². The highest BCUT2D eigenvalue weighted by Gasteiger charge is 2.13. The predicted octanol–water partition coefficient (Wildman–Crippen LogP) is 3.34. The van der Waals surface area contributed by atoms with Crippen LogP contribution in [0.4, 0.5) is 8.78 Å². The van der Waals surface area contributed by atoms with Gasteiger partial charge in [-0.3, -0.25) is 4.79 Å². The van der Waals surface area contributed by atoms with Crippen molar-refractivity contribution in [3.8, 4) is 11.8 Å². The second-order valence-electron chi connectivity index (χ2n) is 5.16. The summed E-state index contributed by atoms with van der Waals surface area (Å²) in [6.07, 6.45) is 1.42. The van der Waals surface area contributed by atoms with Gasteiger partial charge in [-0.05, 0) is 62.6 Å². The van der Waals surface area contributed by atoms with Gasteiger partial charge in [0.05, 0.1) is 0 Å². The highest BCUT2D eigenvalue weighted by molar-refractivity contribution is 6.01. The quantitative estimate of drug-likeness (QED) is 0.670. The number of aryl methyl sites for hydroxylation is 2. The molecule has 1 aromatic rings. The minimum absolute atomic E-state index is 0.0463. The Morgan fingerprint density at radius 2 is 1.86 bits per heavy atom. The van der Waals surface area contributed by atoms with Crippen LogP contribution in [0.5, 0.6) is 5.75 Å². The van der Waals surface area contributed by atoms with E-state index in [1.807, 2.05) is 6.07 Å². The molecule has 1 amide bonds. The zero-order chi connectivity index (χ0) is 16.9. The van der Waals surface area contributed by atoms with Gasteiger partial charge >= 0.3 is 6.61 Å². The van der Waals surface area contributed by atoms with Crippen LogP contribution in [0.2, 0.25) is 0 Å². The summed E-state index contributed by atoms with van der Waals surface area (Å²) in [7, 11) is 0. The van der Waals surface area contributed by atoms with Crippen LogP contribution < -0.4 is 10.1 Å². The smallest absolute Gasteiger partial charge is 0.387 e. The van der Waals surface area contributed by atoms with E-state index in [2.05, 4.69) is 10.1 Å². The molecule has 0 saturated heterocycles. The first-order valence-electron chi connectivity index (χ1n) is 6.73. The van der Waals surface area contributed by atoms with Crippen molar-refractivity contribution in [3.63, 3.8) is 0 Å². The van der Waals surface area contributed by atoms with Gasteiger partial charge in [0, 0.05) is 6.04 Å². The Labute approximate surface area is 128 Å². The molecule has 0 fully saturated rings. The second kappa shape index (κ2) is 7.55. The molecule has 0 aliphatic rings. The van der Waals surface area contributed by atoms with Gasteiger partial charge < -0.3 is 10.1 Å². The third-order valence-electron chi connectivity index (χ3n) is 2.79. The van der Waals surface area contributed by atoms with E-state index in [0.717, 1.165) is 0 Å². The van der Waals surface area contributed by atoms with Gasteiger partial charge in [0.2, 0.25) is 0 Å². The van der Waals surface area contributed by atoms with E-state index in [9.17, 15) is 13.6 Å². The van der Waals surface area contributed by atoms with Crippen molar-refractivity contribution in [1.29, 1.82) is 5.26 Å². The number of nitrogens with zero attached hydrogens (tertiary/aromatic N) is 1. The number of alkyl halides is 2. The normalized spacial score (nSPS) is 11.5. The van der Waals surface area contributed by atoms with E-state index in [-0.39, 0.29) is 17.4 Å². The van der Waals surface area contributed by atoms with Crippen LogP contribution in [-0.4, -0.2) is 18.6 Å². The van der Waals surface area contributed by atoms with Crippen LogP contribution in [0.25, 0.3) is 6.08 Å². The van der Waals surface area contributed by atoms with Crippen LogP contribution >= 0.6 is 0 Å². The zero-order valence-corrected chi connectivity index (χ0v) is 12.9. The number of hydrogen-bond donors (Lipinski definition) is 1. The highest BCUT2D eigenvalue weighted by Crippen LogP contribution is 2.27. The topological polar surface area (TPSA) is 62.1 Å². The van der Waals surface area contributed by atoms with Crippen molar-refractivity contribution >= 4 is 12.0 Å². The van der Waals surface area contributed by atoms with Crippen LogP contribution in [0.1, 0.15) is 30.5 Å². The molecule has 0 heterocycles. The van der Waals surface area contributed by atoms with Gasteiger partial charge in [0.1, 0.15) is 17.4 Å². The molecule has 4 nitrogen and oxygen atoms in total. The summed E-state index contributed by atoms with van der Waals surface area (Å²) in [5.74, 6) is -0.363. The summed E-state index contributed by atoms with van der Waals surface area (Å²) < 4.78 is 29.1. The third-order valence-corrected chi connectivity index (χ3v) is 2.79. The standard InChI is InChI=1S/C16H18F2N2O2/c1-9(2)20-15(21)13(8-19)7-12-5-10(3)14(11(4)6-12)22-16(17)18/h5-7,9,16H,1-4H3,(H,20,21)/b13-7+. The number of carbonyl (C=O) groups is 1. The number of nitrogens with one attached hydrogen (secondary N) is 1. The maximum atomic E-state index is 12.3. The minimum Gasteiger partial charge on any atom is -0.434 e. The Balaban J connectivity index is 3.14. The zero-order valence-electron chi connectivity index (χ0n) is 12.9. The van der Waals surface area contributed by atoms with Crippen molar-refractivity contribution in [2.24, 2.45) is 0 Å². The number of amides is 1. The SMILES string of the molecule is Cc1cc(/C=C(\C#N)C(=O)NC(C)C)cc(C)c1OC(F)F. The van der Waals surface area contributed by atoms with Gasteiger partial charge in [0.25, 0.3) is 5.91 Å². The van der Waals surface area contributed by atoms with E-state index in [1.54, 1.807) is 39.8 Å². The van der Waals surface area contributed by atoms with Crippen LogP contribution in [0.3, 0.4) is 0 Å². The first-order chi connectivity index (χ1) is 10.2. The third kappa shape index (κ3) is 4.85. The molecule has 0 radical (unpaired) electrons. The number of halogens is 2. The lowest BCUT2D eigenvalue weighted by atomic mass is 10.0. The largest absolute Gasteiger partial charge is 0.434 e. The number of hydrogen-bond acceptors (Lipinski definition) is 3. The fraction of sp³-hybridized carbons (Fsp3) is 0.375. The number of carbonyl (C=O) groups excluding carboxylic acids is 1. The molecule has 118 valence electrons. The fourth-order valence-electron chi connectivity index (χ4n) is 2.00. The molecule has 0 unspecified atom stereocenters. The van der Waals surface area contributed by atoms with Crippen LogP contribution in [-0.2, 0) is 4.79 Å².